The third-order valence-electron chi connectivity index (χ3n) is 3.98. The zero-order valence-corrected chi connectivity index (χ0v) is 13.3. The summed E-state index contributed by atoms with van der Waals surface area (Å²) in [5.74, 6) is 1.58. The summed E-state index contributed by atoms with van der Waals surface area (Å²) in [7, 11) is 0. The van der Waals surface area contributed by atoms with Gasteiger partial charge >= 0.3 is 0 Å². The SMILES string of the molecule is Cc1ccccc1CCC(=O)NCc1ccc2c(c1)OCCO2. The van der Waals surface area contributed by atoms with Crippen LogP contribution in [0.5, 0.6) is 11.5 Å². The van der Waals surface area contributed by atoms with Crippen molar-refractivity contribution in [2.45, 2.75) is 26.3 Å². The summed E-state index contributed by atoms with van der Waals surface area (Å²) < 4.78 is 11.0. The highest BCUT2D eigenvalue weighted by Crippen LogP contribution is 2.30. The fourth-order valence-corrected chi connectivity index (χ4v) is 2.63. The molecule has 1 N–H and O–H groups in total. The topological polar surface area (TPSA) is 47.6 Å². The molecule has 0 aromatic heterocycles. The van der Waals surface area contributed by atoms with Gasteiger partial charge in [0.25, 0.3) is 0 Å². The molecule has 0 radical (unpaired) electrons. The lowest BCUT2D eigenvalue weighted by Crippen LogP contribution is -2.23. The summed E-state index contributed by atoms with van der Waals surface area (Å²) in [6.45, 7) is 3.73. The van der Waals surface area contributed by atoms with Gasteiger partial charge in [0.15, 0.2) is 11.5 Å². The van der Waals surface area contributed by atoms with E-state index in [-0.39, 0.29) is 5.91 Å². The molecule has 1 heterocycles. The molecule has 0 spiro atoms. The predicted octanol–water partition coefficient (Wildman–Crippen LogP) is 3.02. The second kappa shape index (κ2) is 7.18. The van der Waals surface area contributed by atoms with Crippen molar-refractivity contribution >= 4 is 5.91 Å². The summed E-state index contributed by atoms with van der Waals surface area (Å²) in [5, 5.41) is 2.96. The standard InChI is InChI=1S/C19H21NO3/c1-14-4-2-3-5-16(14)7-9-19(21)20-13-15-6-8-17-18(12-15)23-11-10-22-17/h2-6,8,12H,7,9-11,13H2,1H3,(H,20,21). The van der Waals surface area contributed by atoms with Gasteiger partial charge in [-0.3, -0.25) is 4.79 Å². The van der Waals surface area contributed by atoms with Crippen molar-refractivity contribution in [1.82, 2.24) is 5.32 Å². The van der Waals surface area contributed by atoms with Gasteiger partial charge in [-0.2, -0.15) is 0 Å². The Bertz CT molecular complexity index is 697. The first-order valence-corrected chi connectivity index (χ1v) is 7.92. The average Bonchev–Trinajstić information content (AvgIpc) is 2.59. The van der Waals surface area contributed by atoms with Crippen LogP contribution >= 0.6 is 0 Å². The van der Waals surface area contributed by atoms with Gasteiger partial charge in [-0.25, -0.2) is 0 Å². The van der Waals surface area contributed by atoms with Crippen LogP contribution in [0, 0.1) is 6.92 Å². The molecule has 0 fully saturated rings. The third-order valence-corrected chi connectivity index (χ3v) is 3.98. The second-order valence-electron chi connectivity index (χ2n) is 5.68. The predicted molar refractivity (Wildman–Crippen MR) is 88.8 cm³/mol. The highest BCUT2D eigenvalue weighted by Gasteiger charge is 2.12. The molecule has 4 nitrogen and oxygen atoms in total. The van der Waals surface area contributed by atoms with E-state index in [2.05, 4.69) is 24.4 Å². The quantitative estimate of drug-likeness (QED) is 0.923. The largest absolute Gasteiger partial charge is 0.486 e. The molecule has 0 bridgehead atoms. The van der Waals surface area contributed by atoms with Crippen LogP contribution in [0.2, 0.25) is 0 Å². The van der Waals surface area contributed by atoms with Gasteiger partial charge in [0.05, 0.1) is 0 Å². The lowest BCUT2D eigenvalue weighted by atomic mass is 10.0. The lowest BCUT2D eigenvalue weighted by Gasteiger charge is -2.19. The number of fused-ring (bicyclic) bond motifs is 1. The average molecular weight is 311 g/mol. The highest BCUT2D eigenvalue weighted by atomic mass is 16.6. The fourth-order valence-electron chi connectivity index (χ4n) is 2.63. The van der Waals surface area contributed by atoms with Gasteiger partial charge in [-0.1, -0.05) is 30.3 Å². The van der Waals surface area contributed by atoms with Gasteiger partial charge < -0.3 is 14.8 Å². The van der Waals surface area contributed by atoms with Crippen LogP contribution in [0.15, 0.2) is 42.5 Å². The molecule has 0 unspecified atom stereocenters. The molecule has 3 rings (SSSR count). The van der Waals surface area contributed by atoms with E-state index in [1.165, 1.54) is 11.1 Å². The van der Waals surface area contributed by atoms with Crippen molar-refractivity contribution in [2.75, 3.05) is 13.2 Å². The van der Waals surface area contributed by atoms with Crippen molar-refractivity contribution < 1.29 is 14.3 Å². The van der Waals surface area contributed by atoms with Crippen LogP contribution < -0.4 is 14.8 Å². The number of aryl methyl sites for hydroxylation is 2. The minimum absolute atomic E-state index is 0.0585. The van der Waals surface area contributed by atoms with E-state index >= 15 is 0 Å². The first-order valence-electron chi connectivity index (χ1n) is 7.92. The lowest BCUT2D eigenvalue weighted by molar-refractivity contribution is -0.121. The van der Waals surface area contributed by atoms with Gasteiger partial charge in [0.1, 0.15) is 13.2 Å². The van der Waals surface area contributed by atoms with E-state index in [0.717, 1.165) is 23.5 Å². The number of amides is 1. The Morgan fingerprint density at radius 1 is 1.09 bits per heavy atom. The number of carbonyl (C=O) groups excluding carboxylic acids is 1. The second-order valence-corrected chi connectivity index (χ2v) is 5.68. The molecule has 1 amide bonds. The zero-order valence-electron chi connectivity index (χ0n) is 13.3. The number of carbonyl (C=O) groups is 1. The molecule has 0 saturated carbocycles. The maximum absolute atomic E-state index is 12.0. The maximum atomic E-state index is 12.0. The Kier molecular flexibility index (Phi) is 4.81. The number of rotatable bonds is 5. The third kappa shape index (κ3) is 4.03. The number of nitrogens with one attached hydrogen (secondary N) is 1. The van der Waals surface area contributed by atoms with Gasteiger partial charge in [0, 0.05) is 13.0 Å². The van der Waals surface area contributed by atoms with E-state index in [1.54, 1.807) is 0 Å². The smallest absolute Gasteiger partial charge is 0.220 e. The van der Waals surface area contributed by atoms with Crippen molar-refractivity contribution in [1.29, 1.82) is 0 Å². The van der Waals surface area contributed by atoms with Gasteiger partial charge in [-0.15, -0.1) is 0 Å². The van der Waals surface area contributed by atoms with Crippen LogP contribution in [0.4, 0.5) is 0 Å². The van der Waals surface area contributed by atoms with Crippen molar-refractivity contribution in [3.05, 3.63) is 59.2 Å². The minimum Gasteiger partial charge on any atom is -0.486 e. The molecule has 1 aliphatic heterocycles. The van der Waals surface area contributed by atoms with Crippen LogP contribution in [-0.4, -0.2) is 19.1 Å². The molecule has 0 saturated heterocycles. The summed E-state index contributed by atoms with van der Waals surface area (Å²) in [6.07, 6.45) is 1.26. The van der Waals surface area contributed by atoms with E-state index in [1.807, 2.05) is 30.3 Å². The van der Waals surface area contributed by atoms with Crippen LogP contribution in [0.25, 0.3) is 0 Å². The monoisotopic (exact) mass is 311 g/mol. The van der Waals surface area contributed by atoms with E-state index in [9.17, 15) is 4.79 Å². The number of ether oxygens (including phenoxy) is 2. The fraction of sp³-hybridized carbons (Fsp3) is 0.316. The van der Waals surface area contributed by atoms with Crippen LogP contribution in [0.1, 0.15) is 23.1 Å². The molecule has 23 heavy (non-hydrogen) atoms. The highest BCUT2D eigenvalue weighted by molar-refractivity contribution is 5.76. The number of hydrogen-bond donors (Lipinski definition) is 1. The Hall–Kier alpha value is -2.49. The zero-order chi connectivity index (χ0) is 16.1. The summed E-state index contributed by atoms with van der Waals surface area (Å²) in [6, 6.07) is 13.9. The molecule has 120 valence electrons. The van der Waals surface area contributed by atoms with Crippen LogP contribution in [0.3, 0.4) is 0 Å². The summed E-state index contributed by atoms with van der Waals surface area (Å²) in [4.78, 5) is 12.0. The van der Waals surface area contributed by atoms with E-state index in [0.29, 0.717) is 26.2 Å². The summed E-state index contributed by atoms with van der Waals surface area (Å²) in [5.41, 5.74) is 3.47. The molecular weight excluding hydrogens is 290 g/mol. The Morgan fingerprint density at radius 3 is 2.70 bits per heavy atom. The van der Waals surface area contributed by atoms with Crippen molar-refractivity contribution in [3.8, 4) is 11.5 Å². The number of hydrogen-bond acceptors (Lipinski definition) is 3. The molecule has 1 aliphatic rings. The first kappa shape index (κ1) is 15.4. The minimum atomic E-state index is 0.0585. The van der Waals surface area contributed by atoms with E-state index < -0.39 is 0 Å². The number of benzene rings is 2. The molecule has 4 heteroatoms. The van der Waals surface area contributed by atoms with Gasteiger partial charge in [0.2, 0.25) is 5.91 Å². The molecule has 0 atom stereocenters. The van der Waals surface area contributed by atoms with Crippen molar-refractivity contribution in [2.24, 2.45) is 0 Å². The Morgan fingerprint density at radius 2 is 1.87 bits per heavy atom. The van der Waals surface area contributed by atoms with Crippen molar-refractivity contribution in [3.63, 3.8) is 0 Å². The van der Waals surface area contributed by atoms with Crippen LogP contribution in [-0.2, 0) is 17.8 Å². The van der Waals surface area contributed by atoms with E-state index in [4.69, 9.17) is 9.47 Å². The molecule has 0 aliphatic carbocycles. The molecular formula is C19H21NO3. The Balaban J connectivity index is 1.50. The molecule has 2 aromatic rings. The first-order chi connectivity index (χ1) is 11.2. The molecule has 2 aromatic carbocycles. The normalized spacial score (nSPS) is 12.7. The van der Waals surface area contributed by atoms with Gasteiger partial charge in [-0.05, 0) is 42.2 Å². The maximum Gasteiger partial charge on any atom is 0.220 e. The Labute approximate surface area is 136 Å². The summed E-state index contributed by atoms with van der Waals surface area (Å²) >= 11 is 0.